The first-order valence-corrected chi connectivity index (χ1v) is 11.8. The minimum absolute atomic E-state index is 0.133. The van der Waals surface area contributed by atoms with E-state index in [1.54, 1.807) is 6.20 Å². The van der Waals surface area contributed by atoms with Crippen molar-refractivity contribution in [3.63, 3.8) is 0 Å². The second kappa shape index (κ2) is 13.3. The van der Waals surface area contributed by atoms with Crippen molar-refractivity contribution < 1.29 is 55.6 Å². The predicted molar refractivity (Wildman–Crippen MR) is 117 cm³/mol. The number of likely N-dealkylation sites (tertiary alicyclic amines) is 1. The molecule has 8 nitrogen and oxygen atoms in total. The Morgan fingerprint density at radius 3 is 2.03 bits per heavy atom. The number of halogens is 6. The molecule has 1 spiro atoms. The van der Waals surface area contributed by atoms with Gasteiger partial charge in [-0.25, -0.2) is 14.6 Å². The fraction of sp³-hybridized carbons (Fsp3) is 0.696. The van der Waals surface area contributed by atoms with Gasteiger partial charge in [-0.3, -0.25) is 0 Å². The minimum atomic E-state index is -5.08. The van der Waals surface area contributed by atoms with E-state index in [0.717, 1.165) is 31.6 Å². The summed E-state index contributed by atoms with van der Waals surface area (Å²) in [7, 11) is 0. The Balaban J connectivity index is 0.000000286. The van der Waals surface area contributed by atoms with Crippen molar-refractivity contribution in [1.82, 2.24) is 9.88 Å². The Kier molecular flexibility index (Phi) is 11.0. The van der Waals surface area contributed by atoms with Crippen LogP contribution in [-0.4, -0.2) is 82.3 Å². The maximum absolute atomic E-state index is 10.6. The molecule has 0 radical (unpaired) electrons. The molecule has 210 valence electrons. The molecule has 0 amide bonds. The fourth-order valence-electron chi connectivity index (χ4n) is 4.50. The van der Waals surface area contributed by atoms with Gasteiger partial charge < -0.3 is 24.6 Å². The van der Waals surface area contributed by atoms with Crippen molar-refractivity contribution in [2.24, 2.45) is 5.92 Å². The van der Waals surface area contributed by atoms with Crippen LogP contribution in [0.2, 0.25) is 0 Å². The molecule has 4 rings (SSSR count). The molecule has 0 bridgehead atoms. The number of nitrogens with zero attached hydrogens (tertiary/aromatic N) is 2. The summed E-state index contributed by atoms with van der Waals surface area (Å²) in [6.45, 7) is 4.13. The third-order valence-electron chi connectivity index (χ3n) is 6.67. The Morgan fingerprint density at radius 2 is 1.59 bits per heavy atom. The normalized spacial score (nSPS) is 21.6. The highest BCUT2D eigenvalue weighted by Crippen LogP contribution is 2.43. The molecular weight excluding hydrogens is 514 g/mol. The number of ether oxygens (including phenoxy) is 2. The van der Waals surface area contributed by atoms with Crippen LogP contribution in [-0.2, 0) is 14.3 Å². The summed E-state index contributed by atoms with van der Waals surface area (Å²) >= 11 is 0. The molecule has 1 aromatic heterocycles. The molecule has 1 atom stereocenters. The number of pyridine rings is 1. The summed E-state index contributed by atoms with van der Waals surface area (Å²) in [6.07, 6.45) is 0.552. The van der Waals surface area contributed by atoms with Crippen LogP contribution in [0.25, 0.3) is 0 Å². The smallest absolute Gasteiger partial charge is 0.478 e. The standard InChI is InChI=1S/C19H28N2O2.2C2HF3O2/c1-2-11-20-18(6-1)22-14-7-16-8-15-23-19(16)9-12-21(13-10-19)17-4-3-5-17;2*3-2(4,5)1(6)7/h1-2,6,11,16-17H,3-5,7-10,12-15H2;2*(H,6,7). The van der Waals surface area contributed by atoms with Gasteiger partial charge in [0.25, 0.3) is 0 Å². The van der Waals surface area contributed by atoms with E-state index in [1.165, 1.54) is 51.6 Å². The number of hydrogen-bond acceptors (Lipinski definition) is 6. The van der Waals surface area contributed by atoms with Crippen molar-refractivity contribution in [2.75, 3.05) is 26.3 Å². The summed E-state index contributed by atoms with van der Waals surface area (Å²) in [5.74, 6) is -4.13. The number of piperidine rings is 1. The van der Waals surface area contributed by atoms with Crippen molar-refractivity contribution in [3.05, 3.63) is 24.4 Å². The van der Waals surface area contributed by atoms with Gasteiger partial charge in [-0.2, -0.15) is 26.3 Å². The number of hydrogen-bond donors (Lipinski definition) is 2. The van der Waals surface area contributed by atoms with Crippen LogP contribution in [0.5, 0.6) is 5.88 Å². The van der Waals surface area contributed by atoms with E-state index in [9.17, 15) is 26.3 Å². The highest BCUT2D eigenvalue weighted by molar-refractivity contribution is 5.73. The van der Waals surface area contributed by atoms with E-state index < -0.39 is 24.3 Å². The van der Waals surface area contributed by atoms with E-state index >= 15 is 0 Å². The lowest BCUT2D eigenvalue weighted by Gasteiger charge is -2.47. The zero-order valence-electron chi connectivity index (χ0n) is 19.9. The zero-order chi connectivity index (χ0) is 27.7. The van der Waals surface area contributed by atoms with Crippen molar-refractivity contribution in [2.45, 2.75) is 68.9 Å². The van der Waals surface area contributed by atoms with Gasteiger partial charge in [0.05, 0.1) is 12.2 Å². The second-order valence-electron chi connectivity index (χ2n) is 8.93. The van der Waals surface area contributed by atoms with Gasteiger partial charge in [0.15, 0.2) is 0 Å². The van der Waals surface area contributed by atoms with Crippen LogP contribution in [0, 0.1) is 5.92 Å². The molecular formula is C23H30F6N2O6. The summed E-state index contributed by atoms with van der Waals surface area (Å²) < 4.78 is 75.6. The van der Waals surface area contributed by atoms with Crippen LogP contribution in [0.15, 0.2) is 24.4 Å². The monoisotopic (exact) mass is 544 g/mol. The fourth-order valence-corrected chi connectivity index (χ4v) is 4.50. The van der Waals surface area contributed by atoms with E-state index in [1.807, 2.05) is 18.2 Å². The Hall–Kier alpha value is -2.61. The molecule has 3 fully saturated rings. The lowest BCUT2D eigenvalue weighted by atomic mass is 9.77. The van der Waals surface area contributed by atoms with Crippen LogP contribution in [0.4, 0.5) is 26.3 Å². The number of aromatic nitrogens is 1. The summed E-state index contributed by atoms with van der Waals surface area (Å²) in [6, 6.07) is 6.69. The second-order valence-corrected chi connectivity index (χ2v) is 8.93. The lowest BCUT2D eigenvalue weighted by Crippen LogP contribution is -2.52. The number of carboxylic acid groups (broad SMARTS) is 2. The quantitative estimate of drug-likeness (QED) is 0.521. The van der Waals surface area contributed by atoms with E-state index in [4.69, 9.17) is 29.3 Å². The number of aliphatic carboxylic acids is 2. The van der Waals surface area contributed by atoms with Gasteiger partial charge in [0.2, 0.25) is 5.88 Å². The molecule has 0 aromatic carbocycles. The Labute approximate surface area is 209 Å². The number of alkyl halides is 6. The van der Waals surface area contributed by atoms with Gasteiger partial charge in [-0.05, 0) is 50.5 Å². The minimum Gasteiger partial charge on any atom is -0.478 e. The molecule has 14 heteroatoms. The van der Waals surface area contributed by atoms with Gasteiger partial charge >= 0.3 is 24.3 Å². The van der Waals surface area contributed by atoms with Crippen LogP contribution >= 0.6 is 0 Å². The van der Waals surface area contributed by atoms with Crippen molar-refractivity contribution in [1.29, 1.82) is 0 Å². The maximum atomic E-state index is 10.6. The molecule has 3 heterocycles. The van der Waals surface area contributed by atoms with Crippen LogP contribution in [0.1, 0.15) is 44.9 Å². The molecule has 1 unspecified atom stereocenters. The van der Waals surface area contributed by atoms with E-state index in [2.05, 4.69) is 9.88 Å². The highest BCUT2D eigenvalue weighted by atomic mass is 19.4. The summed E-state index contributed by atoms with van der Waals surface area (Å²) in [5, 5.41) is 14.2. The summed E-state index contributed by atoms with van der Waals surface area (Å²) in [4.78, 5) is 24.7. The molecule has 1 saturated carbocycles. The van der Waals surface area contributed by atoms with Crippen LogP contribution in [0.3, 0.4) is 0 Å². The average molecular weight is 544 g/mol. The third-order valence-corrected chi connectivity index (χ3v) is 6.67. The molecule has 2 N–H and O–H groups in total. The number of rotatable bonds is 5. The van der Waals surface area contributed by atoms with Crippen molar-refractivity contribution >= 4 is 11.9 Å². The number of carboxylic acids is 2. The van der Waals surface area contributed by atoms with E-state index in [0.29, 0.717) is 5.92 Å². The predicted octanol–water partition coefficient (Wildman–Crippen LogP) is 4.54. The van der Waals surface area contributed by atoms with E-state index in [-0.39, 0.29) is 5.60 Å². The Morgan fingerprint density at radius 1 is 1.03 bits per heavy atom. The third kappa shape index (κ3) is 9.65. The summed E-state index contributed by atoms with van der Waals surface area (Å²) in [5.41, 5.74) is 0.133. The van der Waals surface area contributed by atoms with Gasteiger partial charge in [0, 0.05) is 38.0 Å². The molecule has 37 heavy (non-hydrogen) atoms. The van der Waals surface area contributed by atoms with Gasteiger partial charge in [-0.1, -0.05) is 12.5 Å². The van der Waals surface area contributed by atoms with Crippen LogP contribution < -0.4 is 4.74 Å². The first kappa shape index (κ1) is 30.6. The molecule has 1 aromatic rings. The highest BCUT2D eigenvalue weighted by Gasteiger charge is 2.47. The van der Waals surface area contributed by atoms with Crippen molar-refractivity contribution in [3.8, 4) is 5.88 Å². The number of carbonyl (C=O) groups is 2. The molecule has 2 saturated heterocycles. The average Bonchev–Trinajstić information content (AvgIpc) is 3.16. The molecule has 3 aliphatic rings. The first-order valence-electron chi connectivity index (χ1n) is 11.8. The SMILES string of the molecule is O=C(O)C(F)(F)F.O=C(O)C(F)(F)F.c1ccc(OCCC2CCOC23CCN(C2CCC2)CC3)nc1. The van der Waals surface area contributed by atoms with Gasteiger partial charge in [0.1, 0.15) is 0 Å². The molecule has 2 aliphatic heterocycles. The van der Waals surface area contributed by atoms with Gasteiger partial charge in [-0.15, -0.1) is 0 Å². The zero-order valence-corrected chi connectivity index (χ0v) is 19.9. The first-order chi connectivity index (χ1) is 17.2. The molecule has 1 aliphatic carbocycles. The Bertz CT molecular complexity index is 832. The lowest BCUT2D eigenvalue weighted by molar-refractivity contribution is -0.193. The topological polar surface area (TPSA) is 109 Å². The largest absolute Gasteiger partial charge is 0.490 e. The maximum Gasteiger partial charge on any atom is 0.490 e.